The fourth-order valence-electron chi connectivity index (χ4n) is 1.61. The number of nitrogens with zero attached hydrogens (tertiary/aromatic N) is 1. The smallest absolute Gasteiger partial charge is 0.333 e. The largest absolute Gasteiger partial charge is 0.460 e. The van der Waals surface area contributed by atoms with E-state index in [1.807, 2.05) is 7.05 Å². The van der Waals surface area contributed by atoms with Crippen LogP contribution in [-0.2, 0) is 9.53 Å². The number of ether oxygens (including phenoxy) is 1. The Balaban J connectivity index is 2.31. The zero-order chi connectivity index (χ0) is 12.7. The fourth-order valence-corrected chi connectivity index (χ4v) is 1.61. The van der Waals surface area contributed by atoms with Crippen molar-refractivity contribution in [3.8, 4) is 0 Å². The summed E-state index contributed by atoms with van der Waals surface area (Å²) in [5, 5.41) is 0. The third-order valence-corrected chi connectivity index (χ3v) is 2.71. The molecule has 0 aromatic carbocycles. The number of allylic oxidation sites excluding steroid dienone is 3. The normalized spacial score (nSPS) is 14.8. The zero-order valence-electron chi connectivity index (χ0n) is 10.7. The molecule has 94 valence electrons. The van der Waals surface area contributed by atoms with Crippen LogP contribution in [-0.4, -0.2) is 31.1 Å². The first-order valence-corrected chi connectivity index (χ1v) is 5.99. The number of esters is 1. The summed E-state index contributed by atoms with van der Waals surface area (Å²) in [5.74, 6) is -0.312. The van der Waals surface area contributed by atoms with Crippen LogP contribution in [0.1, 0.15) is 26.2 Å². The van der Waals surface area contributed by atoms with Crippen molar-refractivity contribution in [2.75, 3.05) is 20.2 Å². The summed E-state index contributed by atoms with van der Waals surface area (Å²) < 4.78 is 5.07. The highest BCUT2D eigenvalue weighted by molar-refractivity contribution is 5.86. The summed E-state index contributed by atoms with van der Waals surface area (Å²) in [7, 11) is 2.03. The van der Waals surface area contributed by atoms with Crippen molar-refractivity contribution in [3.05, 3.63) is 36.1 Å². The number of carbonyl (C=O) groups is 1. The third-order valence-electron chi connectivity index (χ3n) is 2.71. The number of rotatable bonds is 5. The van der Waals surface area contributed by atoms with Crippen LogP contribution in [0.25, 0.3) is 0 Å². The molecule has 0 fully saturated rings. The molecule has 17 heavy (non-hydrogen) atoms. The van der Waals surface area contributed by atoms with Crippen molar-refractivity contribution >= 4 is 5.97 Å². The average Bonchev–Trinajstić information content (AvgIpc) is 2.57. The molecule has 0 radical (unpaired) electrons. The van der Waals surface area contributed by atoms with Crippen molar-refractivity contribution in [2.24, 2.45) is 0 Å². The lowest BCUT2D eigenvalue weighted by Crippen LogP contribution is -2.24. The summed E-state index contributed by atoms with van der Waals surface area (Å²) in [6.07, 6.45) is 9.81. The van der Waals surface area contributed by atoms with Crippen LogP contribution in [0.4, 0.5) is 0 Å². The second kappa shape index (κ2) is 6.94. The molecular weight excluding hydrogens is 214 g/mol. The Labute approximate surface area is 103 Å². The minimum Gasteiger partial charge on any atom is -0.460 e. The second-order valence-corrected chi connectivity index (χ2v) is 4.29. The van der Waals surface area contributed by atoms with Gasteiger partial charge in [0.25, 0.3) is 0 Å². The van der Waals surface area contributed by atoms with E-state index in [-0.39, 0.29) is 5.97 Å². The maximum Gasteiger partial charge on any atom is 0.333 e. The van der Waals surface area contributed by atoms with Gasteiger partial charge in [-0.2, -0.15) is 0 Å². The van der Waals surface area contributed by atoms with E-state index >= 15 is 0 Å². The maximum atomic E-state index is 11.2. The molecule has 0 atom stereocenters. The van der Waals surface area contributed by atoms with Crippen LogP contribution in [0.5, 0.6) is 0 Å². The SMILES string of the molecule is C=C(C)C(=O)OCCN(C)C1=CCCC=CC1. The van der Waals surface area contributed by atoms with Crippen LogP contribution in [0.15, 0.2) is 36.1 Å². The van der Waals surface area contributed by atoms with Gasteiger partial charge in [0, 0.05) is 24.7 Å². The number of hydrogen-bond acceptors (Lipinski definition) is 3. The van der Waals surface area contributed by atoms with E-state index in [1.54, 1.807) is 6.92 Å². The van der Waals surface area contributed by atoms with Gasteiger partial charge in [-0.1, -0.05) is 24.8 Å². The molecule has 0 saturated carbocycles. The van der Waals surface area contributed by atoms with Gasteiger partial charge >= 0.3 is 5.97 Å². The van der Waals surface area contributed by atoms with Crippen LogP contribution < -0.4 is 0 Å². The third kappa shape index (κ3) is 4.89. The van der Waals surface area contributed by atoms with Crippen LogP contribution in [0.2, 0.25) is 0 Å². The second-order valence-electron chi connectivity index (χ2n) is 4.29. The van der Waals surface area contributed by atoms with Gasteiger partial charge in [0.05, 0.1) is 6.54 Å². The maximum absolute atomic E-state index is 11.2. The molecule has 3 nitrogen and oxygen atoms in total. The monoisotopic (exact) mass is 235 g/mol. The first-order valence-electron chi connectivity index (χ1n) is 5.99. The van der Waals surface area contributed by atoms with Crippen molar-refractivity contribution in [2.45, 2.75) is 26.2 Å². The summed E-state index contributed by atoms with van der Waals surface area (Å²) in [4.78, 5) is 13.3. The van der Waals surface area contributed by atoms with E-state index in [9.17, 15) is 4.79 Å². The quantitative estimate of drug-likeness (QED) is 0.417. The molecule has 1 aliphatic rings. The van der Waals surface area contributed by atoms with E-state index < -0.39 is 0 Å². The topological polar surface area (TPSA) is 29.5 Å². The molecule has 1 aliphatic carbocycles. The summed E-state index contributed by atoms with van der Waals surface area (Å²) in [6.45, 7) is 6.33. The van der Waals surface area contributed by atoms with E-state index in [0.29, 0.717) is 12.2 Å². The Morgan fingerprint density at radius 2 is 2.24 bits per heavy atom. The Morgan fingerprint density at radius 1 is 1.47 bits per heavy atom. The Kier molecular flexibility index (Phi) is 5.53. The molecule has 3 heteroatoms. The summed E-state index contributed by atoms with van der Waals surface area (Å²) in [5.41, 5.74) is 1.74. The van der Waals surface area contributed by atoms with Crippen LogP contribution in [0.3, 0.4) is 0 Å². The van der Waals surface area contributed by atoms with E-state index in [1.165, 1.54) is 5.70 Å². The molecule has 0 N–H and O–H groups in total. The lowest BCUT2D eigenvalue weighted by atomic mass is 10.2. The molecule has 1 rings (SSSR count). The van der Waals surface area contributed by atoms with Gasteiger partial charge in [-0.3, -0.25) is 0 Å². The molecule has 0 unspecified atom stereocenters. The molecule has 0 aliphatic heterocycles. The Hall–Kier alpha value is -1.51. The molecular formula is C14H21NO2. The molecule has 0 bridgehead atoms. The highest BCUT2D eigenvalue weighted by Gasteiger charge is 2.07. The van der Waals surface area contributed by atoms with Gasteiger partial charge in [-0.15, -0.1) is 0 Å². The van der Waals surface area contributed by atoms with Crippen LogP contribution >= 0.6 is 0 Å². The summed E-state index contributed by atoms with van der Waals surface area (Å²) >= 11 is 0. The number of carbonyl (C=O) groups excluding carboxylic acids is 1. The minimum atomic E-state index is -0.312. The van der Waals surface area contributed by atoms with E-state index in [0.717, 1.165) is 25.8 Å². The van der Waals surface area contributed by atoms with Gasteiger partial charge in [-0.25, -0.2) is 4.79 Å². The van der Waals surface area contributed by atoms with Gasteiger partial charge in [0.2, 0.25) is 0 Å². The number of hydrogen-bond donors (Lipinski definition) is 0. The Morgan fingerprint density at radius 3 is 2.94 bits per heavy atom. The van der Waals surface area contributed by atoms with Gasteiger partial charge in [0.1, 0.15) is 6.61 Å². The highest BCUT2D eigenvalue weighted by atomic mass is 16.5. The van der Waals surface area contributed by atoms with Gasteiger partial charge in [0.15, 0.2) is 0 Å². The van der Waals surface area contributed by atoms with E-state index in [2.05, 4.69) is 29.7 Å². The first-order chi connectivity index (χ1) is 8.11. The predicted octanol–water partition coefficient (Wildman–Crippen LogP) is 2.66. The molecule has 0 heterocycles. The molecule has 0 aromatic heterocycles. The van der Waals surface area contributed by atoms with Crippen molar-refractivity contribution in [1.82, 2.24) is 4.90 Å². The summed E-state index contributed by atoms with van der Waals surface area (Å²) in [6, 6.07) is 0. The van der Waals surface area contributed by atoms with Gasteiger partial charge in [-0.05, 0) is 19.8 Å². The van der Waals surface area contributed by atoms with Crippen molar-refractivity contribution in [1.29, 1.82) is 0 Å². The molecule has 0 amide bonds. The van der Waals surface area contributed by atoms with Crippen LogP contribution in [0, 0.1) is 0 Å². The lowest BCUT2D eigenvalue weighted by molar-refractivity contribution is -0.139. The van der Waals surface area contributed by atoms with Crippen molar-refractivity contribution < 1.29 is 9.53 Å². The fraction of sp³-hybridized carbons (Fsp3) is 0.500. The Bertz CT molecular complexity index is 342. The minimum absolute atomic E-state index is 0.312. The number of likely N-dealkylation sites (N-methyl/N-ethyl adjacent to an activating group) is 1. The molecule has 0 saturated heterocycles. The standard InChI is InChI=1S/C14H21NO2/c1-12(2)14(16)17-11-10-15(3)13-8-6-4-5-7-9-13/h4,6,9H,1,5,7-8,10-11H2,2-3H3. The molecule has 0 aromatic rings. The van der Waals surface area contributed by atoms with E-state index in [4.69, 9.17) is 4.74 Å². The molecule has 0 spiro atoms. The van der Waals surface area contributed by atoms with Crippen molar-refractivity contribution in [3.63, 3.8) is 0 Å². The zero-order valence-corrected chi connectivity index (χ0v) is 10.7. The average molecular weight is 235 g/mol. The predicted molar refractivity (Wildman–Crippen MR) is 69.5 cm³/mol. The lowest BCUT2D eigenvalue weighted by Gasteiger charge is -2.21. The van der Waals surface area contributed by atoms with Gasteiger partial charge < -0.3 is 9.64 Å². The highest BCUT2D eigenvalue weighted by Crippen LogP contribution is 2.14. The first kappa shape index (κ1) is 13.6.